The minimum Gasteiger partial charge on any atom is -0.508 e. The van der Waals surface area contributed by atoms with Gasteiger partial charge in [0, 0.05) is 68.2 Å². The molecule has 0 fully saturated rings. The Morgan fingerprint density at radius 1 is 0.679 bits per heavy atom. The van der Waals surface area contributed by atoms with Crippen molar-refractivity contribution in [1.29, 1.82) is 0 Å². The van der Waals surface area contributed by atoms with Gasteiger partial charge in [-0.3, -0.25) is 58.5 Å². The van der Waals surface area contributed by atoms with Crippen LogP contribution in [0.25, 0.3) is 10.9 Å². The highest BCUT2D eigenvalue weighted by Gasteiger charge is 2.34. The maximum Gasteiger partial charge on any atom is 0.249 e. The number of aliphatic imine (C=N–C) groups is 3. The Balaban J connectivity index is 1.41. The number of fused-ring (bicyclic) bond motifs is 1. The van der Waals surface area contributed by atoms with E-state index in [9.17, 15) is 48.3 Å². The Morgan fingerprint density at radius 3 is 1.96 bits per heavy atom. The van der Waals surface area contributed by atoms with Crippen molar-refractivity contribution in [3.8, 4) is 5.75 Å². The lowest BCUT2D eigenvalue weighted by Gasteiger charge is -2.28. The lowest BCUT2D eigenvalue weighted by molar-refractivity contribution is -0.135. The molecule has 0 bridgehead atoms. The molecule has 1 aromatic heterocycles. The summed E-state index contributed by atoms with van der Waals surface area (Å²) in [7, 11) is 0. The molecular weight excluding hydrogens is 1010 g/mol. The van der Waals surface area contributed by atoms with Crippen LogP contribution in [0.2, 0.25) is 0 Å². The van der Waals surface area contributed by atoms with Gasteiger partial charge >= 0.3 is 0 Å². The molecule has 0 aliphatic carbocycles. The summed E-state index contributed by atoms with van der Waals surface area (Å²) in [6.07, 6.45) is 5.49. The molecule has 2 heterocycles. The molecule has 1 aliphatic heterocycles. The zero-order valence-corrected chi connectivity index (χ0v) is 43.5. The molecule has 416 valence electrons. The number of unbranched alkanes of at least 4 members (excludes halogenated alkanes) is 1. The standard InChI is InChI=1S/C53H69N15O10/c1-3-4-14-39(62-31(2)69)50(76)68-46(72)29-60-47(73)43(25-33-27-59-38-15-9-8-13-37(33)38)66-48(74)40(16-10-23-58-53(55)56)64-51(77)42(24-32-11-6-5-7-12-32)65-52(78)44(26-35-28-57-30-61-35)67-49(75)41(21-22-45(54)71)63-34-17-19-36(70)20-18-34/h5-9,11-13,15,17-20,27-28,30,35,39-44,59,63,70H,3-4,10,14,16,21-26,29H2,1-2H3,(H2,54,71)(H,60,73)(H,62,69)(H,64,77)(H,65,78)(H,66,74)(H,67,75)(H4,55,56,58)(H,68,72,76)/t35?,39-,40-,41-,42+,43-,44-/m0/s1. The van der Waals surface area contributed by atoms with Crippen molar-refractivity contribution in [2.75, 3.05) is 18.4 Å². The van der Waals surface area contributed by atoms with Gasteiger partial charge in [-0.15, -0.1) is 0 Å². The number of aromatic amines is 1. The molecule has 9 amide bonds. The fourth-order valence-corrected chi connectivity index (χ4v) is 8.34. The maximum atomic E-state index is 14.7. The summed E-state index contributed by atoms with van der Waals surface area (Å²) in [5.41, 5.74) is 19.0. The van der Waals surface area contributed by atoms with Gasteiger partial charge in [0.1, 0.15) is 48.3 Å². The van der Waals surface area contributed by atoms with Crippen LogP contribution in [0.4, 0.5) is 5.69 Å². The van der Waals surface area contributed by atoms with Crippen LogP contribution in [0.5, 0.6) is 5.75 Å². The molecule has 16 N–H and O–H groups in total. The van der Waals surface area contributed by atoms with Crippen LogP contribution in [0.3, 0.4) is 0 Å². The monoisotopic (exact) mass is 1080 g/mol. The number of aromatic nitrogens is 1. The van der Waals surface area contributed by atoms with Gasteiger partial charge in [0.25, 0.3) is 0 Å². The SMILES string of the molecule is CCCC[C@H](NC(C)=O)C(=O)NC(=O)CNC(=O)[C@H](Cc1c[nH]c2ccccc12)NC(=O)[C@H](CCCN=C(N)N)NC(=O)[C@@H](Cc1ccccc1)NC(=O)[C@H](CC1C=NC=N1)NC(=O)[C@H](CCC(N)=O)Nc1ccc(O)cc1. The van der Waals surface area contributed by atoms with Crippen LogP contribution in [0.1, 0.15) is 76.3 Å². The molecular formula is C53H69N15O10. The molecule has 4 aromatic rings. The summed E-state index contributed by atoms with van der Waals surface area (Å²) in [5.74, 6) is -7.03. The summed E-state index contributed by atoms with van der Waals surface area (Å²) < 4.78 is 0. The first-order chi connectivity index (χ1) is 37.4. The summed E-state index contributed by atoms with van der Waals surface area (Å²) >= 11 is 0. The average molecular weight is 1080 g/mol. The molecule has 0 saturated carbocycles. The van der Waals surface area contributed by atoms with Crippen molar-refractivity contribution >= 4 is 88.3 Å². The van der Waals surface area contributed by atoms with E-state index in [1.165, 1.54) is 43.7 Å². The second-order valence-electron chi connectivity index (χ2n) is 18.6. The van der Waals surface area contributed by atoms with E-state index in [0.717, 1.165) is 17.3 Å². The number of para-hydroxylation sites is 1. The predicted molar refractivity (Wildman–Crippen MR) is 292 cm³/mol. The van der Waals surface area contributed by atoms with Crippen molar-refractivity contribution in [1.82, 2.24) is 42.2 Å². The molecule has 78 heavy (non-hydrogen) atoms. The Morgan fingerprint density at radius 2 is 1.29 bits per heavy atom. The number of amides is 9. The van der Waals surface area contributed by atoms with Crippen molar-refractivity contribution in [2.24, 2.45) is 32.2 Å². The zero-order valence-electron chi connectivity index (χ0n) is 43.5. The number of imide groups is 1. The van der Waals surface area contributed by atoms with Gasteiger partial charge in [-0.1, -0.05) is 68.3 Å². The zero-order chi connectivity index (χ0) is 56.6. The predicted octanol–water partition coefficient (Wildman–Crippen LogP) is -0.277. The number of anilines is 1. The number of primary amides is 1. The van der Waals surface area contributed by atoms with Gasteiger partial charge in [-0.2, -0.15) is 0 Å². The number of nitrogens with zero attached hydrogens (tertiary/aromatic N) is 3. The molecule has 0 radical (unpaired) electrons. The van der Waals surface area contributed by atoms with E-state index in [4.69, 9.17) is 17.2 Å². The van der Waals surface area contributed by atoms with Gasteiger partial charge in [0.05, 0.1) is 12.6 Å². The van der Waals surface area contributed by atoms with Crippen molar-refractivity contribution in [2.45, 2.75) is 120 Å². The minimum atomic E-state index is -1.40. The van der Waals surface area contributed by atoms with Crippen LogP contribution in [-0.4, -0.2) is 137 Å². The van der Waals surface area contributed by atoms with Gasteiger partial charge < -0.3 is 64.5 Å². The first-order valence-electron chi connectivity index (χ1n) is 25.5. The third-order valence-corrected chi connectivity index (χ3v) is 12.3. The maximum absolute atomic E-state index is 14.7. The van der Waals surface area contributed by atoms with E-state index in [2.05, 4.69) is 62.5 Å². The summed E-state index contributed by atoms with van der Waals surface area (Å²) in [6.45, 7) is 2.50. The number of nitrogens with two attached hydrogens (primary N) is 3. The Bertz CT molecular complexity index is 2800. The fourth-order valence-electron chi connectivity index (χ4n) is 8.34. The Labute approximate surface area is 450 Å². The molecule has 25 heteroatoms. The van der Waals surface area contributed by atoms with Crippen molar-refractivity contribution in [3.05, 3.63) is 96.2 Å². The normalized spacial score (nSPS) is 14.8. The summed E-state index contributed by atoms with van der Waals surface area (Å²) in [6, 6.07) is 13.5. The second kappa shape index (κ2) is 30.4. The van der Waals surface area contributed by atoms with Crippen LogP contribution in [0, 0.1) is 0 Å². The number of hydrogen-bond acceptors (Lipinski definition) is 14. The first kappa shape index (κ1) is 59.7. The van der Waals surface area contributed by atoms with Gasteiger partial charge in [0.2, 0.25) is 53.2 Å². The number of nitrogens with one attached hydrogen (secondary N) is 9. The minimum absolute atomic E-state index is 0.0260. The molecule has 7 atom stereocenters. The number of aromatic hydroxyl groups is 1. The van der Waals surface area contributed by atoms with E-state index in [1.54, 1.807) is 42.6 Å². The number of phenols is 1. The average Bonchev–Trinajstić information content (AvgIpc) is 4.10. The van der Waals surface area contributed by atoms with E-state index in [0.29, 0.717) is 23.2 Å². The van der Waals surface area contributed by atoms with Crippen LogP contribution in [-0.2, 0) is 56.0 Å². The van der Waals surface area contributed by atoms with Crippen LogP contribution >= 0.6 is 0 Å². The molecule has 3 aromatic carbocycles. The topological polar surface area (TPSA) is 401 Å². The van der Waals surface area contributed by atoms with E-state index in [1.807, 2.05) is 25.1 Å². The van der Waals surface area contributed by atoms with E-state index < -0.39 is 102 Å². The van der Waals surface area contributed by atoms with Gasteiger partial charge in [-0.25, -0.2) is 4.99 Å². The number of benzene rings is 3. The van der Waals surface area contributed by atoms with Crippen LogP contribution < -0.4 is 59.7 Å². The molecule has 25 nitrogen and oxygen atoms in total. The number of H-pyrrole nitrogens is 1. The van der Waals surface area contributed by atoms with E-state index in [-0.39, 0.29) is 69.6 Å². The Hall–Kier alpha value is -9.16. The third-order valence-electron chi connectivity index (χ3n) is 12.3. The molecule has 0 spiro atoms. The lowest BCUT2D eigenvalue weighted by Crippen LogP contribution is -2.60. The third kappa shape index (κ3) is 19.8. The highest BCUT2D eigenvalue weighted by atomic mass is 16.3. The summed E-state index contributed by atoms with van der Waals surface area (Å²) in [4.78, 5) is 137. The van der Waals surface area contributed by atoms with Crippen molar-refractivity contribution < 1.29 is 48.3 Å². The highest BCUT2D eigenvalue weighted by Crippen LogP contribution is 2.20. The number of rotatable bonds is 31. The van der Waals surface area contributed by atoms with Crippen molar-refractivity contribution in [3.63, 3.8) is 0 Å². The quantitative estimate of drug-likeness (QED) is 0.0134. The second-order valence-corrected chi connectivity index (χ2v) is 18.6. The fraction of sp³-hybridized carbons (Fsp3) is 0.396. The highest BCUT2D eigenvalue weighted by molar-refractivity contribution is 6.02. The number of carbonyl (C=O) groups excluding carboxylic acids is 9. The molecule has 0 saturated heterocycles. The largest absolute Gasteiger partial charge is 0.508 e. The first-order valence-corrected chi connectivity index (χ1v) is 25.5. The molecule has 5 rings (SSSR count). The number of guanidine groups is 1. The van der Waals surface area contributed by atoms with Gasteiger partial charge in [-0.05, 0) is 67.1 Å². The summed E-state index contributed by atoms with van der Waals surface area (Å²) in [5, 5.41) is 31.8. The van der Waals surface area contributed by atoms with Crippen LogP contribution in [0.15, 0.2) is 100 Å². The van der Waals surface area contributed by atoms with Gasteiger partial charge in [0.15, 0.2) is 5.96 Å². The lowest BCUT2D eigenvalue weighted by atomic mass is 10.0. The Kier molecular flexibility index (Phi) is 23.3. The molecule has 1 aliphatic rings. The molecule has 1 unspecified atom stereocenters. The number of phenolic OH excluding ortho intramolecular Hbond substituents is 1. The number of carbonyl (C=O) groups is 9. The number of hydrogen-bond donors (Lipinski definition) is 13. The smallest absolute Gasteiger partial charge is 0.249 e. The van der Waals surface area contributed by atoms with E-state index >= 15 is 0 Å².